The van der Waals surface area contributed by atoms with Gasteiger partial charge in [0.2, 0.25) is 0 Å². The first-order valence-corrected chi connectivity index (χ1v) is 18.9. The molecule has 2 unspecified atom stereocenters. The summed E-state index contributed by atoms with van der Waals surface area (Å²) in [5.41, 5.74) is 6.17. The zero-order valence-electron chi connectivity index (χ0n) is 29.7. The number of phosphoric acid groups is 2. The molecule has 0 aliphatic rings. The van der Waals surface area contributed by atoms with Gasteiger partial charge < -0.3 is 29.3 Å². The molecule has 2 atom stereocenters. The van der Waals surface area contributed by atoms with Crippen molar-refractivity contribution < 1.29 is 56.8 Å². The Kier molecular flexibility index (Phi) is 23.5. The summed E-state index contributed by atoms with van der Waals surface area (Å²) in [5, 5.41) is 8.79. The third kappa shape index (κ3) is 23.1. The first-order valence-electron chi connectivity index (χ1n) is 15.9. The number of hydrogen-bond donors (Lipinski definition) is 3. The highest BCUT2D eigenvalue weighted by Crippen LogP contribution is 2.55. The van der Waals surface area contributed by atoms with E-state index in [-0.39, 0.29) is 20.6 Å². The third-order valence-electron chi connectivity index (χ3n) is 6.77. The number of aliphatic hydroxyl groups excluding tert-OH is 1. The highest BCUT2D eigenvalue weighted by atomic mass is 31.3. The minimum atomic E-state index is -5.37. The molecule has 3 N–H and O–H groups in total. The van der Waals surface area contributed by atoms with Crippen molar-refractivity contribution in [1.29, 1.82) is 0 Å². The number of aliphatic hydroxyl groups is 1. The van der Waals surface area contributed by atoms with Crippen LogP contribution in [0.2, 0.25) is 0 Å². The molecule has 0 aliphatic carbocycles. The van der Waals surface area contributed by atoms with Crippen LogP contribution in [-0.2, 0) is 18.0 Å². The normalized spacial score (nSPS) is 14.2. The molecule has 0 heterocycles. The molecule has 12 nitrogen and oxygen atoms in total. The molecule has 0 aliphatic heterocycles. The van der Waals surface area contributed by atoms with Crippen molar-refractivity contribution in [3.05, 3.63) is 105 Å². The maximum Gasteiger partial charge on any atom is 0.479 e. The van der Waals surface area contributed by atoms with Crippen molar-refractivity contribution in [2.75, 3.05) is 26.4 Å². The van der Waals surface area contributed by atoms with Crippen molar-refractivity contribution in [1.82, 2.24) is 0 Å². The van der Waals surface area contributed by atoms with Crippen molar-refractivity contribution in [3.8, 4) is 36.2 Å². The second kappa shape index (κ2) is 25.6. The predicted molar refractivity (Wildman–Crippen MR) is 205 cm³/mol. The number of rotatable bonds is 20. The van der Waals surface area contributed by atoms with E-state index in [9.17, 15) is 23.6 Å². The van der Waals surface area contributed by atoms with Crippen LogP contribution in [0, 0.1) is 24.7 Å². The van der Waals surface area contributed by atoms with Crippen LogP contribution in [0.5, 0.6) is 11.5 Å². The lowest BCUT2D eigenvalue weighted by Gasteiger charge is -2.18. The maximum atomic E-state index is 11.3. The van der Waals surface area contributed by atoms with Crippen LogP contribution in [0.3, 0.4) is 0 Å². The summed E-state index contributed by atoms with van der Waals surface area (Å²) in [6.07, 6.45) is 22.6. The van der Waals surface area contributed by atoms with Gasteiger partial charge in [0.1, 0.15) is 37.3 Å². The van der Waals surface area contributed by atoms with Crippen LogP contribution in [0.1, 0.15) is 92.6 Å². The van der Waals surface area contributed by atoms with Crippen molar-refractivity contribution >= 4 is 28.2 Å². The fourth-order valence-electron chi connectivity index (χ4n) is 4.11. The molecule has 53 heavy (non-hydrogen) atoms. The first kappa shape index (κ1) is 48.7. The van der Waals surface area contributed by atoms with Crippen LogP contribution >= 0.6 is 15.6 Å². The Hall–Kier alpha value is -4.32. The van der Waals surface area contributed by atoms with E-state index in [4.69, 9.17) is 37.2 Å². The molecule has 14 heteroatoms. The van der Waals surface area contributed by atoms with Gasteiger partial charge in [-0.25, -0.2) is 8.88 Å². The van der Waals surface area contributed by atoms with Gasteiger partial charge in [-0.3, -0.25) is 18.7 Å². The average molecular weight is 772 g/mol. The van der Waals surface area contributed by atoms with E-state index in [0.29, 0.717) is 66.1 Å². The molecular weight excluding hydrogens is 722 g/mol. The molecule has 0 fully saturated rings. The lowest BCUT2D eigenvalue weighted by Crippen LogP contribution is -2.03. The molecule has 0 saturated heterocycles. The zero-order valence-corrected chi connectivity index (χ0v) is 31.4. The maximum absolute atomic E-state index is 11.3. The molecular formula is C39H49O12P2-. The van der Waals surface area contributed by atoms with Gasteiger partial charge in [0.15, 0.2) is 0 Å². The Morgan fingerprint density at radius 1 is 0.736 bits per heavy atom. The van der Waals surface area contributed by atoms with E-state index in [1.54, 1.807) is 43.3 Å². The van der Waals surface area contributed by atoms with E-state index in [1.165, 1.54) is 11.6 Å². The molecule has 0 radical (unpaired) electrons. The lowest BCUT2D eigenvalue weighted by atomic mass is 10.1. The van der Waals surface area contributed by atoms with Gasteiger partial charge in [-0.2, -0.15) is 0 Å². The largest absolute Gasteiger partial charge is 0.756 e. The Labute approximate surface area is 313 Å². The SMILES string of the molecule is C.C#Cc1cc(C=O)cc(OC/C(C)=C/CC/C(C)=C/CO)c1.C#Cc1cc(C=O)cc(OC/C(C)=C/CC/C(C)=C/COP(=O)(O)OP(=O)([O-])O)c1. The fourth-order valence-corrected chi connectivity index (χ4v) is 5.60. The van der Waals surface area contributed by atoms with Gasteiger partial charge in [-0.1, -0.05) is 54.7 Å². The van der Waals surface area contributed by atoms with E-state index >= 15 is 0 Å². The number of phosphoric ester groups is 1. The average Bonchev–Trinajstić information content (AvgIpc) is 3.08. The second-order valence-electron chi connectivity index (χ2n) is 11.5. The lowest BCUT2D eigenvalue weighted by molar-refractivity contribution is -0.212. The molecule has 2 rings (SSSR count). The molecule has 2 aromatic carbocycles. The summed E-state index contributed by atoms with van der Waals surface area (Å²) in [7, 11) is -10.3. The number of aldehydes is 2. The molecule has 0 saturated carbocycles. The quantitative estimate of drug-likeness (QED) is 0.0529. The number of ether oxygens (including phenoxy) is 2. The van der Waals surface area contributed by atoms with Crippen LogP contribution in [0.15, 0.2) is 83.0 Å². The molecule has 288 valence electrons. The highest BCUT2D eigenvalue weighted by molar-refractivity contribution is 7.60. The Morgan fingerprint density at radius 2 is 1.17 bits per heavy atom. The van der Waals surface area contributed by atoms with Gasteiger partial charge in [-0.05, 0) is 101 Å². The fraction of sp³-hybridized carbons (Fsp3) is 0.333. The summed E-state index contributed by atoms with van der Waals surface area (Å²) in [6.45, 7) is 8.12. The summed E-state index contributed by atoms with van der Waals surface area (Å²) in [6, 6.07) is 9.92. The second-order valence-corrected chi connectivity index (χ2v) is 14.2. The van der Waals surface area contributed by atoms with Gasteiger partial charge in [-0.15, -0.1) is 12.8 Å². The topological polar surface area (TPSA) is 189 Å². The van der Waals surface area contributed by atoms with Crippen molar-refractivity contribution in [2.45, 2.75) is 60.8 Å². The molecule has 2 aromatic rings. The minimum Gasteiger partial charge on any atom is -0.756 e. The smallest absolute Gasteiger partial charge is 0.479 e. The first-order chi connectivity index (χ1) is 24.5. The van der Waals surface area contributed by atoms with Crippen LogP contribution in [-0.4, -0.2) is 53.9 Å². The number of benzene rings is 2. The third-order valence-corrected chi connectivity index (χ3v) is 8.90. The van der Waals surface area contributed by atoms with E-state index < -0.39 is 15.6 Å². The van der Waals surface area contributed by atoms with Crippen LogP contribution in [0.25, 0.3) is 0 Å². The van der Waals surface area contributed by atoms with Gasteiger partial charge in [0.05, 0.1) is 13.2 Å². The summed E-state index contributed by atoms with van der Waals surface area (Å²) < 4.78 is 41.1. The molecule has 0 bridgehead atoms. The number of terminal acetylenes is 2. The molecule has 0 amide bonds. The number of hydrogen-bond acceptors (Lipinski definition) is 10. The molecule has 0 aromatic heterocycles. The number of carbonyl (C=O) groups excluding carboxylic acids is 2. The zero-order chi connectivity index (χ0) is 39.2. The standard InChI is InChI=1S/C19H24O9P2.C19H22O3.CH4/c1-4-17-10-18(13-20)12-19(11-17)26-14-16(3)7-5-6-15(2)8-9-27-30(24,25)28-29(21,22)23;1-4-17-10-18(13-21)12-19(11-17)22-14-16(3)7-5-6-15(2)8-9-20;/h1,7-8,10-13H,5-6,9,14H2,2-3H3,(H,24,25)(H2,21,22,23);1,7-8,10-13,20H,5-6,9,14H2,2-3H3;1H4/p-1/b2*15-8+,16-7+;. The van der Waals surface area contributed by atoms with Crippen molar-refractivity contribution in [3.63, 3.8) is 0 Å². The van der Waals surface area contributed by atoms with Gasteiger partial charge in [0, 0.05) is 22.3 Å². The number of carbonyl (C=O) groups is 2. The summed E-state index contributed by atoms with van der Waals surface area (Å²) in [4.78, 5) is 49.8. The monoisotopic (exact) mass is 771 g/mol. The number of allylic oxidation sites excluding steroid dienone is 4. The summed E-state index contributed by atoms with van der Waals surface area (Å²) in [5.74, 6) is 6.06. The van der Waals surface area contributed by atoms with E-state index in [1.807, 2.05) is 32.9 Å². The van der Waals surface area contributed by atoms with Crippen LogP contribution < -0.4 is 14.4 Å². The predicted octanol–water partition coefficient (Wildman–Crippen LogP) is 7.29. The Balaban J connectivity index is 0.00000105. The van der Waals surface area contributed by atoms with Gasteiger partial charge in [0.25, 0.3) is 7.82 Å². The van der Waals surface area contributed by atoms with Crippen molar-refractivity contribution in [2.24, 2.45) is 0 Å². The Morgan fingerprint density at radius 3 is 1.55 bits per heavy atom. The molecule has 0 spiro atoms. The van der Waals surface area contributed by atoms with E-state index in [2.05, 4.69) is 26.8 Å². The highest BCUT2D eigenvalue weighted by Gasteiger charge is 2.26. The minimum absolute atomic E-state index is 0. The van der Waals surface area contributed by atoms with Gasteiger partial charge >= 0.3 is 7.82 Å². The van der Waals surface area contributed by atoms with E-state index in [0.717, 1.165) is 35.8 Å². The van der Waals surface area contributed by atoms with Crippen LogP contribution in [0.4, 0.5) is 0 Å². The summed E-state index contributed by atoms with van der Waals surface area (Å²) >= 11 is 0. The Bertz CT molecular complexity index is 1800.